The molecule has 1 aromatic carbocycles. The molecule has 7 heteroatoms. The molecule has 0 spiro atoms. The summed E-state index contributed by atoms with van der Waals surface area (Å²) in [6.45, 7) is 8.26. The summed E-state index contributed by atoms with van der Waals surface area (Å²) in [5, 5.41) is 3.07. The Morgan fingerprint density at radius 3 is 2.38 bits per heavy atom. The zero-order valence-corrected chi connectivity index (χ0v) is 16.6. The maximum Gasteiger partial charge on any atom is 0.242 e. The van der Waals surface area contributed by atoms with Gasteiger partial charge in [0.25, 0.3) is 0 Å². The van der Waals surface area contributed by atoms with E-state index in [4.69, 9.17) is 15.2 Å². The Morgan fingerprint density at radius 1 is 1.23 bits per heavy atom. The molecule has 0 bridgehead atoms. The van der Waals surface area contributed by atoms with Crippen LogP contribution in [-0.4, -0.2) is 56.3 Å². The van der Waals surface area contributed by atoms with Crippen LogP contribution in [0.1, 0.15) is 26.7 Å². The Morgan fingerprint density at radius 2 is 1.85 bits per heavy atom. The van der Waals surface area contributed by atoms with E-state index in [1.165, 1.54) is 0 Å². The number of hydrogen-bond acceptors (Lipinski definition) is 5. The number of rotatable bonds is 9. The zero-order chi connectivity index (χ0) is 18.1. The fraction of sp³-hybridized carbons (Fsp3) is 0.632. The molecular formula is C19H32ClN3O3. The second-order valence-electron chi connectivity index (χ2n) is 6.32. The Balaban J connectivity index is 0.00000338. The minimum Gasteiger partial charge on any atom is -0.492 e. The Labute approximate surface area is 162 Å². The van der Waals surface area contributed by atoms with Gasteiger partial charge in [-0.1, -0.05) is 26.7 Å². The number of hydrogen-bond donors (Lipinski definition) is 2. The number of morpholine rings is 1. The Bertz CT molecular complexity index is 517. The molecule has 148 valence electrons. The standard InChI is InChI=1S/C19H31N3O3.ClH/c1-3-15(4-2)18(22-10-13-24-14-11-22)19(23)21-16-5-7-17(8-6-16)25-12-9-20;/h5-8,15,18H,3-4,9-14,20H2,1-2H3,(H,21,23);1H. The molecule has 1 amide bonds. The molecule has 1 atom stereocenters. The Hall–Kier alpha value is -1.34. The molecule has 26 heavy (non-hydrogen) atoms. The van der Waals surface area contributed by atoms with Gasteiger partial charge in [0.05, 0.1) is 19.3 Å². The number of ether oxygens (including phenoxy) is 2. The molecule has 0 radical (unpaired) electrons. The normalized spacial score (nSPS) is 16.0. The highest BCUT2D eigenvalue weighted by molar-refractivity contribution is 5.95. The van der Waals surface area contributed by atoms with Crippen molar-refractivity contribution in [1.82, 2.24) is 4.90 Å². The van der Waals surface area contributed by atoms with E-state index in [0.717, 1.165) is 37.4 Å². The smallest absolute Gasteiger partial charge is 0.242 e. The zero-order valence-electron chi connectivity index (χ0n) is 15.8. The first kappa shape index (κ1) is 22.7. The molecule has 0 aromatic heterocycles. The number of nitrogens with two attached hydrogens (primary N) is 1. The van der Waals surface area contributed by atoms with Crippen molar-refractivity contribution in [2.45, 2.75) is 32.7 Å². The molecule has 3 N–H and O–H groups in total. The van der Waals surface area contributed by atoms with Crippen LogP contribution >= 0.6 is 12.4 Å². The number of benzene rings is 1. The van der Waals surface area contributed by atoms with Crippen LogP contribution in [0.4, 0.5) is 5.69 Å². The largest absolute Gasteiger partial charge is 0.492 e. The molecule has 0 aliphatic carbocycles. The van der Waals surface area contributed by atoms with Crippen molar-refractivity contribution < 1.29 is 14.3 Å². The molecule has 1 unspecified atom stereocenters. The summed E-state index contributed by atoms with van der Waals surface area (Å²) in [5.74, 6) is 1.16. The quantitative estimate of drug-likeness (QED) is 0.683. The summed E-state index contributed by atoms with van der Waals surface area (Å²) >= 11 is 0. The maximum atomic E-state index is 13.0. The molecule has 2 rings (SSSR count). The van der Waals surface area contributed by atoms with Gasteiger partial charge in [0.15, 0.2) is 0 Å². The van der Waals surface area contributed by atoms with Crippen LogP contribution in [0, 0.1) is 5.92 Å². The third-order valence-corrected chi connectivity index (χ3v) is 4.71. The summed E-state index contributed by atoms with van der Waals surface area (Å²) in [6.07, 6.45) is 1.97. The first-order valence-corrected chi connectivity index (χ1v) is 9.25. The number of anilines is 1. The molecule has 1 aliphatic rings. The maximum absolute atomic E-state index is 13.0. The highest BCUT2D eigenvalue weighted by atomic mass is 35.5. The van der Waals surface area contributed by atoms with Crippen molar-refractivity contribution in [2.75, 3.05) is 44.8 Å². The van der Waals surface area contributed by atoms with Crippen molar-refractivity contribution in [1.29, 1.82) is 0 Å². The molecular weight excluding hydrogens is 354 g/mol. The molecule has 1 aliphatic heterocycles. The van der Waals surface area contributed by atoms with E-state index >= 15 is 0 Å². The van der Waals surface area contributed by atoms with Gasteiger partial charge in [-0.2, -0.15) is 0 Å². The number of nitrogens with zero attached hydrogens (tertiary/aromatic N) is 1. The monoisotopic (exact) mass is 385 g/mol. The lowest BCUT2D eigenvalue weighted by Gasteiger charge is -2.37. The average Bonchev–Trinajstić information content (AvgIpc) is 2.66. The van der Waals surface area contributed by atoms with Crippen LogP contribution in [-0.2, 0) is 9.53 Å². The third kappa shape index (κ3) is 6.43. The Kier molecular flexibility index (Phi) is 10.6. The van der Waals surface area contributed by atoms with Gasteiger partial charge in [-0.25, -0.2) is 0 Å². The van der Waals surface area contributed by atoms with Gasteiger partial charge >= 0.3 is 0 Å². The van der Waals surface area contributed by atoms with Gasteiger partial charge in [0.1, 0.15) is 12.4 Å². The van der Waals surface area contributed by atoms with Crippen LogP contribution in [0.3, 0.4) is 0 Å². The number of amides is 1. The van der Waals surface area contributed by atoms with Crippen molar-refractivity contribution in [3.63, 3.8) is 0 Å². The lowest BCUT2D eigenvalue weighted by Crippen LogP contribution is -2.52. The highest BCUT2D eigenvalue weighted by Gasteiger charge is 2.32. The second-order valence-corrected chi connectivity index (χ2v) is 6.32. The SMILES string of the molecule is CCC(CC)C(C(=O)Nc1ccc(OCCN)cc1)N1CCOCC1.Cl. The predicted octanol–water partition coefficient (Wildman–Crippen LogP) is 2.52. The van der Waals surface area contributed by atoms with Crippen molar-refractivity contribution in [2.24, 2.45) is 11.7 Å². The molecule has 6 nitrogen and oxygen atoms in total. The van der Waals surface area contributed by atoms with Gasteiger partial charge in [0, 0.05) is 25.3 Å². The van der Waals surface area contributed by atoms with Crippen molar-refractivity contribution in [3.8, 4) is 5.75 Å². The van der Waals surface area contributed by atoms with Gasteiger partial charge in [0.2, 0.25) is 5.91 Å². The minimum atomic E-state index is -0.118. The lowest BCUT2D eigenvalue weighted by molar-refractivity contribution is -0.125. The number of halogens is 1. The number of nitrogens with one attached hydrogen (secondary N) is 1. The third-order valence-electron chi connectivity index (χ3n) is 4.71. The van der Waals surface area contributed by atoms with Crippen molar-refractivity contribution in [3.05, 3.63) is 24.3 Å². The summed E-state index contributed by atoms with van der Waals surface area (Å²) in [6, 6.07) is 7.32. The molecule has 1 saturated heterocycles. The highest BCUT2D eigenvalue weighted by Crippen LogP contribution is 2.23. The van der Waals surface area contributed by atoms with E-state index in [1.54, 1.807) is 0 Å². The van der Waals surface area contributed by atoms with Gasteiger partial charge < -0.3 is 20.5 Å². The second kappa shape index (κ2) is 12.1. The van der Waals surface area contributed by atoms with E-state index in [2.05, 4.69) is 24.1 Å². The van der Waals surface area contributed by atoms with E-state index in [9.17, 15) is 4.79 Å². The molecule has 1 heterocycles. The number of carbonyl (C=O) groups excluding carboxylic acids is 1. The molecule has 1 aromatic rings. The molecule has 0 saturated carbocycles. The predicted molar refractivity (Wildman–Crippen MR) is 107 cm³/mol. The summed E-state index contributed by atoms with van der Waals surface area (Å²) in [4.78, 5) is 15.2. The summed E-state index contributed by atoms with van der Waals surface area (Å²) in [5.41, 5.74) is 6.22. The topological polar surface area (TPSA) is 76.8 Å². The summed E-state index contributed by atoms with van der Waals surface area (Å²) < 4.78 is 10.9. The van der Waals surface area contributed by atoms with Crippen molar-refractivity contribution >= 4 is 24.0 Å². The fourth-order valence-corrected chi connectivity index (χ4v) is 3.30. The average molecular weight is 386 g/mol. The van der Waals surface area contributed by atoms with Crippen LogP contribution in [0.25, 0.3) is 0 Å². The summed E-state index contributed by atoms with van der Waals surface area (Å²) in [7, 11) is 0. The first-order valence-electron chi connectivity index (χ1n) is 9.25. The minimum absolute atomic E-state index is 0. The van der Waals surface area contributed by atoms with Gasteiger partial charge in [-0.15, -0.1) is 12.4 Å². The van der Waals surface area contributed by atoms with Crippen LogP contribution in [0.15, 0.2) is 24.3 Å². The number of carbonyl (C=O) groups is 1. The fourth-order valence-electron chi connectivity index (χ4n) is 3.30. The van der Waals surface area contributed by atoms with E-state index in [0.29, 0.717) is 32.3 Å². The van der Waals surface area contributed by atoms with E-state index in [1.807, 2.05) is 24.3 Å². The van der Waals surface area contributed by atoms with Crippen LogP contribution in [0.5, 0.6) is 5.75 Å². The molecule has 1 fully saturated rings. The lowest BCUT2D eigenvalue weighted by atomic mass is 9.91. The van der Waals surface area contributed by atoms with Crippen LogP contribution in [0.2, 0.25) is 0 Å². The first-order chi connectivity index (χ1) is 12.2. The van der Waals surface area contributed by atoms with E-state index < -0.39 is 0 Å². The van der Waals surface area contributed by atoms with Gasteiger partial charge in [-0.05, 0) is 30.2 Å². The van der Waals surface area contributed by atoms with Crippen LogP contribution < -0.4 is 15.8 Å². The van der Waals surface area contributed by atoms with E-state index in [-0.39, 0.29) is 24.4 Å². The van der Waals surface area contributed by atoms with Gasteiger partial charge in [-0.3, -0.25) is 9.69 Å².